The highest BCUT2D eigenvalue weighted by molar-refractivity contribution is 7.80. The molecule has 0 amide bonds. The highest BCUT2D eigenvalue weighted by Gasteiger charge is 2.08. The predicted molar refractivity (Wildman–Crippen MR) is 89.1 cm³/mol. The Morgan fingerprint density at radius 2 is 1.81 bits per heavy atom. The summed E-state index contributed by atoms with van der Waals surface area (Å²) in [6, 6.07) is 11.8. The number of aryl methyl sites for hydroxylation is 2. The molecule has 0 atom stereocenters. The lowest BCUT2D eigenvalue weighted by Gasteiger charge is -2.14. The Kier molecular flexibility index (Phi) is 4.81. The fourth-order valence-corrected chi connectivity index (χ4v) is 2.36. The quantitative estimate of drug-likeness (QED) is 0.858. The first-order valence-electron chi connectivity index (χ1n) is 6.68. The second-order valence-electron chi connectivity index (χ2n) is 4.94. The summed E-state index contributed by atoms with van der Waals surface area (Å²) >= 11 is 5.02. The van der Waals surface area contributed by atoms with Gasteiger partial charge in [0.15, 0.2) is 0 Å². The maximum Gasteiger partial charge on any atom is 0.125 e. The molecule has 2 aromatic carbocycles. The number of thiocarbonyl (C=S) groups is 1. The van der Waals surface area contributed by atoms with E-state index in [9.17, 15) is 0 Å². The number of nitrogens with two attached hydrogens (primary N) is 1. The van der Waals surface area contributed by atoms with Gasteiger partial charge in [0, 0.05) is 5.56 Å². The Bertz CT molecular complexity index is 645. The average Bonchev–Trinajstić information content (AvgIpc) is 2.46. The zero-order valence-electron chi connectivity index (χ0n) is 12.5. The van der Waals surface area contributed by atoms with Crippen molar-refractivity contribution in [2.75, 3.05) is 7.11 Å². The maximum atomic E-state index is 5.95. The van der Waals surface area contributed by atoms with E-state index < -0.39 is 0 Å². The number of benzene rings is 2. The van der Waals surface area contributed by atoms with E-state index in [2.05, 4.69) is 0 Å². The van der Waals surface area contributed by atoms with Crippen LogP contribution in [0.25, 0.3) is 0 Å². The summed E-state index contributed by atoms with van der Waals surface area (Å²) in [4.78, 5) is 0.403. The van der Waals surface area contributed by atoms with Gasteiger partial charge in [-0.25, -0.2) is 0 Å². The standard InChI is InChI=1S/C17H19NO2S/c1-11-7-14(17(18)21)8-12(2)16(11)20-10-13-5-4-6-15(9-13)19-3/h4-9H,10H2,1-3H3,(H2,18,21). The maximum absolute atomic E-state index is 5.95. The molecule has 110 valence electrons. The molecule has 3 nitrogen and oxygen atoms in total. The Hall–Kier alpha value is -2.07. The third-order valence-electron chi connectivity index (χ3n) is 3.26. The first-order valence-corrected chi connectivity index (χ1v) is 7.09. The van der Waals surface area contributed by atoms with E-state index in [1.807, 2.05) is 50.2 Å². The Morgan fingerprint density at radius 1 is 1.14 bits per heavy atom. The van der Waals surface area contributed by atoms with Crippen molar-refractivity contribution >= 4 is 17.2 Å². The van der Waals surface area contributed by atoms with Gasteiger partial charge in [-0.05, 0) is 54.8 Å². The van der Waals surface area contributed by atoms with Gasteiger partial charge in [0.2, 0.25) is 0 Å². The van der Waals surface area contributed by atoms with E-state index in [4.69, 9.17) is 27.4 Å². The average molecular weight is 301 g/mol. The summed E-state index contributed by atoms with van der Waals surface area (Å²) in [6.45, 7) is 4.48. The van der Waals surface area contributed by atoms with Crippen LogP contribution in [-0.4, -0.2) is 12.1 Å². The van der Waals surface area contributed by atoms with E-state index in [1.54, 1.807) is 7.11 Å². The smallest absolute Gasteiger partial charge is 0.125 e. The molecule has 0 unspecified atom stereocenters. The molecule has 0 heterocycles. The van der Waals surface area contributed by atoms with E-state index in [0.29, 0.717) is 11.6 Å². The lowest BCUT2D eigenvalue weighted by Crippen LogP contribution is -2.10. The molecule has 21 heavy (non-hydrogen) atoms. The molecule has 4 heteroatoms. The summed E-state index contributed by atoms with van der Waals surface area (Å²) in [6.07, 6.45) is 0. The summed E-state index contributed by atoms with van der Waals surface area (Å²) in [7, 11) is 1.66. The van der Waals surface area contributed by atoms with E-state index >= 15 is 0 Å². The lowest BCUT2D eigenvalue weighted by atomic mass is 10.1. The molecule has 0 aliphatic rings. The summed E-state index contributed by atoms with van der Waals surface area (Å²) < 4.78 is 11.2. The van der Waals surface area contributed by atoms with Crippen LogP contribution < -0.4 is 15.2 Å². The summed E-state index contributed by atoms with van der Waals surface area (Å²) in [5, 5.41) is 0. The molecule has 0 spiro atoms. The molecular weight excluding hydrogens is 282 g/mol. The van der Waals surface area contributed by atoms with Crippen LogP contribution in [0.5, 0.6) is 11.5 Å². The van der Waals surface area contributed by atoms with Crippen LogP contribution in [0.1, 0.15) is 22.3 Å². The van der Waals surface area contributed by atoms with E-state index in [1.165, 1.54) is 0 Å². The molecule has 0 fully saturated rings. The van der Waals surface area contributed by atoms with Crippen molar-refractivity contribution in [1.29, 1.82) is 0 Å². The van der Waals surface area contributed by atoms with Gasteiger partial charge in [0.25, 0.3) is 0 Å². The monoisotopic (exact) mass is 301 g/mol. The molecule has 0 radical (unpaired) electrons. The minimum Gasteiger partial charge on any atom is -0.497 e. The highest BCUT2D eigenvalue weighted by Crippen LogP contribution is 2.26. The fourth-order valence-electron chi connectivity index (χ4n) is 2.24. The molecule has 2 rings (SSSR count). The van der Waals surface area contributed by atoms with Crippen molar-refractivity contribution in [1.82, 2.24) is 0 Å². The van der Waals surface area contributed by atoms with Gasteiger partial charge in [-0.2, -0.15) is 0 Å². The topological polar surface area (TPSA) is 44.5 Å². The van der Waals surface area contributed by atoms with Crippen molar-refractivity contribution in [2.45, 2.75) is 20.5 Å². The van der Waals surface area contributed by atoms with Crippen LogP contribution in [0.3, 0.4) is 0 Å². The molecule has 2 N–H and O–H groups in total. The number of methoxy groups -OCH3 is 1. The molecule has 0 aliphatic heterocycles. The van der Waals surface area contributed by atoms with Crippen LogP contribution in [-0.2, 0) is 6.61 Å². The number of hydrogen-bond acceptors (Lipinski definition) is 3. The van der Waals surface area contributed by atoms with Gasteiger partial charge in [-0.15, -0.1) is 0 Å². The lowest BCUT2D eigenvalue weighted by molar-refractivity contribution is 0.301. The third kappa shape index (κ3) is 3.73. The summed E-state index contributed by atoms with van der Waals surface area (Å²) in [5.74, 6) is 1.70. The first kappa shape index (κ1) is 15.3. The van der Waals surface area contributed by atoms with Gasteiger partial charge in [-0.3, -0.25) is 0 Å². The molecule has 0 bridgehead atoms. The fraction of sp³-hybridized carbons (Fsp3) is 0.235. The second-order valence-corrected chi connectivity index (χ2v) is 5.38. The molecular formula is C17H19NO2S. The second kappa shape index (κ2) is 6.59. The van der Waals surface area contributed by atoms with Crippen molar-refractivity contribution < 1.29 is 9.47 Å². The SMILES string of the molecule is COc1cccc(COc2c(C)cc(C(N)=S)cc2C)c1. The Morgan fingerprint density at radius 3 is 2.38 bits per heavy atom. The van der Waals surface area contributed by atoms with Gasteiger partial charge >= 0.3 is 0 Å². The minimum atomic E-state index is 0.403. The van der Waals surface area contributed by atoms with E-state index in [0.717, 1.165) is 33.8 Å². The largest absolute Gasteiger partial charge is 0.497 e. The molecule has 0 aliphatic carbocycles. The van der Waals surface area contributed by atoms with E-state index in [-0.39, 0.29) is 0 Å². The van der Waals surface area contributed by atoms with Crippen LogP contribution in [0.15, 0.2) is 36.4 Å². The Labute approximate surface area is 130 Å². The van der Waals surface area contributed by atoms with Crippen molar-refractivity contribution in [2.24, 2.45) is 5.73 Å². The number of rotatable bonds is 5. The van der Waals surface area contributed by atoms with Gasteiger partial charge in [-0.1, -0.05) is 24.4 Å². The predicted octanol–water partition coefficient (Wildman–Crippen LogP) is 3.53. The molecule has 0 saturated carbocycles. The molecule has 0 saturated heterocycles. The van der Waals surface area contributed by atoms with Gasteiger partial charge in [0.1, 0.15) is 23.1 Å². The molecule has 0 aromatic heterocycles. The van der Waals surface area contributed by atoms with Crippen molar-refractivity contribution in [3.63, 3.8) is 0 Å². The van der Waals surface area contributed by atoms with Crippen molar-refractivity contribution in [3.8, 4) is 11.5 Å². The zero-order chi connectivity index (χ0) is 15.4. The van der Waals surface area contributed by atoms with Crippen LogP contribution in [0, 0.1) is 13.8 Å². The van der Waals surface area contributed by atoms with Crippen LogP contribution in [0.4, 0.5) is 0 Å². The number of hydrogen-bond donors (Lipinski definition) is 1. The normalized spacial score (nSPS) is 10.2. The van der Waals surface area contributed by atoms with Gasteiger partial charge < -0.3 is 15.2 Å². The van der Waals surface area contributed by atoms with Crippen LogP contribution in [0.2, 0.25) is 0 Å². The summed E-state index contributed by atoms with van der Waals surface area (Å²) in [5.41, 5.74) is 9.66. The number of ether oxygens (including phenoxy) is 2. The third-order valence-corrected chi connectivity index (χ3v) is 3.50. The Balaban J connectivity index is 2.18. The zero-order valence-corrected chi connectivity index (χ0v) is 13.3. The van der Waals surface area contributed by atoms with Gasteiger partial charge in [0.05, 0.1) is 7.11 Å². The minimum absolute atomic E-state index is 0.403. The molecule has 2 aromatic rings. The highest BCUT2D eigenvalue weighted by atomic mass is 32.1. The first-order chi connectivity index (χ1) is 10.0. The van der Waals surface area contributed by atoms with Crippen LogP contribution >= 0.6 is 12.2 Å². The van der Waals surface area contributed by atoms with Crippen molar-refractivity contribution in [3.05, 3.63) is 58.7 Å².